The number of hydrogen-bond donors (Lipinski definition) is 1. The third-order valence-electron chi connectivity index (χ3n) is 2.87. The lowest BCUT2D eigenvalue weighted by atomic mass is 10.1. The van der Waals surface area contributed by atoms with Gasteiger partial charge in [0, 0.05) is 48.9 Å². The van der Waals surface area contributed by atoms with Gasteiger partial charge < -0.3 is 10.2 Å². The minimum Gasteiger partial charge on any atom is -0.369 e. The average molecular weight is 249 g/mol. The highest BCUT2D eigenvalue weighted by Crippen LogP contribution is 2.27. The topological polar surface area (TPSA) is 28.2 Å². The molecule has 4 heteroatoms. The second-order valence-corrected chi connectivity index (χ2v) is 4.97. The van der Waals surface area contributed by atoms with Crippen LogP contribution in [0.25, 0.3) is 6.08 Å². The van der Waals surface area contributed by atoms with Gasteiger partial charge in [-0.15, -0.1) is 0 Å². The van der Waals surface area contributed by atoms with Gasteiger partial charge in [0.15, 0.2) is 0 Å². The van der Waals surface area contributed by atoms with Crippen molar-refractivity contribution in [2.45, 2.75) is 6.92 Å². The van der Waals surface area contributed by atoms with Gasteiger partial charge in [-0.25, -0.2) is 4.98 Å². The number of rotatable bonds is 5. The van der Waals surface area contributed by atoms with E-state index in [4.69, 9.17) is 0 Å². The number of nitrogens with zero attached hydrogens (tertiary/aromatic N) is 2. The second kappa shape index (κ2) is 5.96. The molecule has 0 aliphatic carbocycles. The van der Waals surface area contributed by atoms with Gasteiger partial charge in [0.05, 0.1) is 0 Å². The molecule has 0 aromatic carbocycles. The van der Waals surface area contributed by atoms with E-state index in [2.05, 4.69) is 46.6 Å². The first-order valence-electron chi connectivity index (χ1n) is 5.99. The molecule has 1 aromatic rings. The first-order valence-corrected chi connectivity index (χ1v) is 7.39. The molecule has 17 heavy (non-hydrogen) atoms. The molecule has 0 saturated carbocycles. The number of anilines is 2. The molecule has 0 bridgehead atoms. The Labute approximate surface area is 107 Å². The molecule has 3 nitrogen and oxygen atoms in total. The van der Waals surface area contributed by atoms with Crippen molar-refractivity contribution in [3.05, 3.63) is 23.9 Å². The van der Waals surface area contributed by atoms with Gasteiger partial charge >= 0.3 is 0 Å². The molecule has 0 spiro atoms. The number of pyridine rings is 1. The van der Waals surface area contributed by atoms with Gasteiger partial charge in [-0.2, -0.15) is 11.8 Å². The quantitative estimate of drug-likeness (QED) is 0.812. The van der Waals surface area contributed by atoms with Gasteiger partial charge in [0.1, 0.15) is 5.82 Å². The summed E-state index contributed by atoms with van der Waals surface area (Å²) in [4.78, 5) is 6.79. The average Bonchev–Trinajstić information content (AvgIpc) is 2.38. The zero-order chi connectivity index (χ0) is 12.1. The number of nitrogens with one attached hydrogen (secondary N) is 1. The highest BCUT2D eigenvalue weighted by atomic mass is 32.2. The fourth-order valence-electron chi connectivity index (χ4n) is 1.94. The molecule has 0 saturated heterocycles. The van der Waals surface area contributed by atoms with Crippen molar-refractivity contribution in [3.8, 4) is 0 Å². The standard InChI is InChI=1S/C13H19N3S/c1-3-16-7-4-5-11-10-15-13(9-12(11)16)14-6-8-17-2/h4-5,9-10H,3,6-8H2,1-2H3,(H,14,15). The number of aromatic nitrogens is 1. The van der Waals surface area contributed by atoms with Crippen molar-refractivity contribution in [1.82, 2.24) is 4.98 Å². The van der Waals surface area contributed by atoms with Crippen LogP contribution in [0.3, 0.4) is 0 Å². The minimum atomic E-state index is 0.967. The van der Waals surface area contributed by atoms with Crippen molar-refractivity contribution in [1.29, 1.82) is 0 Å². The minimum absolute atomic E-state index is 0.967. The number of fused-ring (bicyclic) bond motifs is 1. The van der Waals surface area contributed by atoms with Gasteiger partial charge in [-0.05, 0) is 13.2 Å². The van der Waals surface area contributed by atoms with Crippen LogP contribution < -0.4 is 10.2 Å². The zero-order valence-electron chi connectivity index (χ0n) is 10.4. The molecule has 0 amide bonds. The normalized spacial score (nSPS) is 13.6. The molecular formula is C13H19N3S. The maximum absolute atomic E-state index is 4.43. The van der Waals surface area contributed by atoms with Crippen LogP contribution in [0.2, 0.25) is 0 Å². The first kappa shape index (κ1) is 12.3. The third kappa shape index (κ3) is 2.94. The lowest BCUT2D eigenvalue weighted by Gasteiger charge is -2.27. The number of thioether (sulfide) groups is 1. The fraction of sp³-hybridized carbons (Fsp3) is 0.462. The zero-order valence-corrected chi connectivity index (χ0v) is 11.3. The molecule has 1 aromatic heterocycles. The second-order valence-electron chi connectivity index (χ2n) is 3.99. The van der Waals surface area contributed by atoms with Crippen molar-refractivity contribution >= 4 is 29.3 Å². The summed E-state index contributed by atoms with van der Waals surface area (Å²) in [6.45, 7) is 5.18. The lowest BCUT2D eigenvalue weighted by Crippen LogP contribution is -2.25. The van der Waals surface area contributed by atoms with Gasteiger partial charge in [0.25, 0.3) is 0 Å². The summed E-state index contributed by atoms with van der Waals surface area (Å²) in [6, 6.07) is 2.16. The van der Waals surface area contributed by atoms with Crippen LogP contribution in [0.5, 0.6) is 0 Å². The first-order chi connectivity index (χ1) is 8.35. The Morgan fingerprint density at radius 3 is 3.18 bits per heavy atom. The van der Waals surface area contributed by atoms with Crippen LogP contribution in [0.4, 0.5) is 11.5 Å². The lowest BCUT2D eigenvalue weighted by molar-refractivity contribution is 0.896. The number of likely N-dealkylation sites (N-methyl/N-ethyl adjacent to an activating group) is 1. The molecular weight excluding hydrogens is 230 g/mol. The van der Waals surface area contributed by atoms with E-state index >= 15 is 0 Å². The number of hydrogen-bond acceptors (Lipinski definition) is 4. The molecule has 2 heterocycles. The van der Waals surface area contributed by atoms with Crippen LogP contribution in [-0.4, -0.2) is 36.6 Å². The summed E-state index contributed by atoms with van der Waals surface area (Å²) in [5.41, 5.74) is 2.50. The highest BCUT2D eigenvalue weighted by Gasteiger charge is 2.12. The summed E-state index contributed by atoms with van der Waals surface area (Å²) in [5.74, 6) is 2.09. The molecule has 2 rings (SSSR count). The van der Waals surface area contributed by atoms with Crippen molar-refractivity contribution < 1.29 is 0 Å². The van der Waals surface area contributed by atoms with E-state index in [1.54, 1.807) is 0 Å². The summed E-state index contributed by atoms with van der Waals surface area (Å²) >= 11 is 1.84. The maximum Gasteiger partial charge on any atom is 0.128 e. The Balaban J connectivity index is 2.14. The molecule has 0 radical (unpaired) electrons. The highest BCUT2D eigenvalue weighted by molar-refractivity contribution is 7.98. The molecule has 0 fully saturated rings. The summed E-state index contributed by atoms with van der Waals surface area (Å²) in [6.07, 6.45) is 8.41. The van der Waals surface area contributed by atoms with Gasteiger partial charge in [-0.1, -0.05) is 12.2 Å². The Bertz CT molecular complexity index is 404. The third-order valence-corrected chi connectivity index (χ3v) is 3.48. The summed E-state index contributed by atoms with van der Waals surface area (Å²) in [7, 11) is 0. The van der Waals surface area contributed by atoms with Crippen LogP contribution >= 0.6 is 11.8 Å². The summed E-state index contributed by atoms with van der Waals surface area (Å²) < 4.78 is 0. The molecule has 0 atom stereocenters. The Hall–Kier alpha value is -1.16. The van der Waals surface area contributed by atoms with E-state index in [9.17, 15) is 0 Å². The van der Waals surface area contributed by atoms with E-state index in [-0.39, 0.29) is 0 Å². The van der Waals surface area contributed by atoms with Crippen LogP contribution in [0, 0.1) is 0 Å². The maximum atomic E-state index is 4.43. The molecule has 1 N–H and O–H groups in total. The van der Waals surface area contributed by atoms with E-state index in [1.165, 1.54) is 11.3 Å². The van der Waals surface area contributed by atoms with E-state index in [0.29, 0.717) is 0 Å². The van der Waals surface area contributed by atoms with Crippen molar-refractivity contribution in [2.24, 2.45) is 0 Å². The molecule has 92 valence electrons. The van der Waals surface area contributed by atoms with E-state index in [1.807, 2.05) is 18.0 Å². The predicted molar refractivity (Wildman–Crippen MR) is 78.0 cm³/mol. The molecule has 1 aliphatic heterocycles. The van der Waals surface area contributed by atoms with Crippen molar-refractivity contribution in [2.75, 3.05) is 41.9 Å². The van der Waals surface area contributed by atoms with E-state index < -0.39 is 0 Å². The monoisotopic (exact) mass is 249 g/mol. The Morgan fingerprint density at radius 2 is 2.41 bits per heavy atom. The Kier molecular flexibility index (Phi) is 4.31. The van der Waals surface area contributed by atoms with Crippen LogP contribution in [0.1, 0.15) is 12.5 Å². The predicted octanol–water partition coefficient (Wildman–Crippen LogP) is 2.71. The van der Waals surface area contributed by atoms with E-state index in [0.717, 1.165) is 31.2 Å². The molecule has 0 unspecified atom stereocenters. The van der Waals surface area contributed by atoms with Crippen molar-refractivity contribution in [3.63, 3.8) is 0 Å². The van der Waals surface area contributed by atoms with Gasteiger partial charge in [0.2, 0.25) is 0 Å². The SMILES string of the molecule is CCN1CC=Cc2cnc(NCCSC)cc21. The van der Waals surface area contributed by atoms with Crippen LogP contribution in [-0.2, 0) is 0 Å². The largest absolute Gasteiger partial charge is 0.369 e. The van der Waals surface area contributed by atoms with Crippen LogP contribution in [0.15, 0.2) is 18.3 Å². The molecule has 1 aliphatic rings. The summed E-state index contributed by atoms with van der Waals surface area (Å²) in [5, 5.41) is 3.36. The van der Waals surface area contributed by atoms with Gasteiger partial charge in [-0.3, -0.25) is 0 Å². The smallest absolute Gasteiger partial charge is 0.128 e. The fourth-order valence-corrected chi connectivity index (χ4v) is 2.25. The Morgan fingerprint density at radius 1 is 1.53 bits per heavy atom.